The number of sulfonamides is 1. The number of anilines is 1. The Morgan fingerprint density at radius 3 is 2.35 bits per heavy atom. The molecule has 3 fully saturated rings. The van der Waals surface area contributed by atoms with E-state index in [0.29, 0.717) is 44.6 Å². The summed E-state index contributed by atoms with van der Waals surface area (Å²) in [5.41, 5.74) is 5.47. The number of carbonyl (C=O) groups excluding carboxylic acids is 2. The Labute approximate surface area is 197 Å². The van der Waals surface area contributed by atoms with E-state index in [2.05, 4.69) is 0 Å². The van der Waals surface area contributed by atoms with Crippen molar-refractivity contribution in [3.05, 3.63) is 28.3 Å². The molecule has 3 saturated heterocycles. The highest BCUT2D eigenvalue weighted by Crippen LogP contribution is 2.35. The van der Waals surface area contributed by atoms with E-state index in [-0.39, 0.29) is 48.7 Å². The average Bonchev–Trinajstić information content (AvgIpc) is 3.34. The number of nitro groups is 1. The van der Waals surface area contributed by atoms with Crippen LogP contribution in [0.5, 0.6) is 0 Å². The standard InChI is InChI=1S/C21H29N5O7S/c22-20(27)18-2-1-7-25(18)21(28)15-5-8-23(9-6-15)17-4-3-16(14-19(17)26(29)30)34(31,32)24-10-12-33-13-11-24/h3-4,14-15,18H,1-2,5-13H2,(H2,22,27). The van der Waals surface area contributed by atoms with Crippen molar-refractivity contribution in [1.29, 1.82) is 0 Å². The number of piperidine rings is 1. The zero-order chi connectivity index (χ0) is 24.5. The third-order valence-corrected chi connectivity index (χ3v) is 8.70. The van der Waals surface area contributed by atoms with Gasteiger partial charge in [-0.1, -0.05) is 0 Å². The quantitative estimate of drug-likeness (QED) is 0.436. The molecule has 1 aromatic rings. The molecule has 2 N–H and O–H groups in total. The number of likely N-dealkylation sites (tertiary alicyclic amines) is 1. The number of rotatable bonds is 6. The number of amides is 2. The van der Waals surface area contributed by atoms with Crippen LogP contribution < -0.4 is 10.6 Å². The fourth-order valence-corrected chi connectivity index (χ4v) is 6.37. The Morgan fingerprint density at radius 2 is 1.74 bits per heavy atom. The largest absolute Gasteiger partial charge is 0.379 e. The van der Waals surface area contributed by atoms with Gasteiger partial charge < -0.3 is 20.3 Å². The molecular weight excluding hydrogens is 466 g/mol. The molecule has 0 radical (unpaired) electrons. The maximum Gasteiger partial charge on any atom is 0.293 e. The maximum absolute atomic E-state index is 13.0. The van der Waals surface area contributed by atoms with Crippen molar-refractivity contribution < 1.29 is 27.7 Å². The van der Waals surface area contributed by atoms with Crippen molar-refractivity contribution >= 4 is 33.2 Å². The Kier molecular flexibility index (Phi) is 7.05. The lowest BCUT2D eigenvalue weighted by Gasteiger charge is -2.35. The molecule has 1 unspecified atom stereocenters. The predicted molar refractivity (Wildman–Crippen MR) is 122 cm³/mol. The van der Waals surface area contributed by atoms with Crippen molar-refractivity contribution in [3.8, 4) is 0 Å². The molecule has 1 aromatic carbocycles. The van der Waals surface area contributed by atoms with Gasteiger partial charge in [0, 0.05) is 44.7 Å². The number of hydrogen-bond acceptors (Lipinski definition) is 8. The van der Waals surface area contributed by atoms with Crippen LogP contribution in [0.15, 0.2) is 23.1 Å². The number of nitrogens with two attached hydrogens (primary N) is 1. The van der Waals surface area contributed by atoms with E-state index in [4.69, 9.17) is 10.5 Å². The van der Waals surface area contributed by atoms with Crippen LogP contribution in [-0.2, 0) is 24.3 Å². The highest BCUT2D eigenvalue weighted by Gasteiger charge is 2.38. The number of hydrogen-bond donors (Lipinski definition) is 1. The molecule has 0 bridgehead atoms. The van der Waals surface area contributed by atoms with E-state index in [1.54, 1.807) is 4.90 Å². The number of ether oxygens (including phenoxy) is 1. The molecule has 3 aliphatic heterocycles. The first-order valence-corrected chi connectivity index (χ1v) is 12.8. The van der Waals surface area contributed by atoms with Gasteiger partial charge in [-0.25, -0.2) is 8.42 Å². The number of benzene rings is 1. The van der Waals surface area contributed by atoms with E-state index in [1.165, 1.54) is 16.4 Å². The minimum absolute atomic E-state index is 0.0950. The molecule has 2 amide bonds. The number of primary amides is 1. The summed E-state index contributed by atoms with van der Waals surface area (Å²) < 4.78 is 32.3. The van der Waals surface area contributed by atoms with Crippen molar-refractivity contribution in [3.63, 3.8) is 0 Å². The molecule has 4 rings (SSSR count). The van der Waals surface area contributed by atoms with Gasteiger partial charge in [-0.05, 0) is 37.8 Å². The van der Waals surface area contributed by atoms with E-state index in [1.807, 2.05) is 4.90 Å². The first-order chi connectivity index (χ1) is 16.2. The van der Waals surface area contributed by atoms with Gasteiger partial charge in [-0.2, -0.15) is 4.31 Å². The fourth-order valence-electron chi connectivity index (χ4n) is 4.94. The van der Waals surface area contributed by atoms with Gasteiger partial charge >= 0.3 is 0 Å². The van der Waals surface area contributed by atoms with Gasteiger partial charge in [0.15, 0.2) is 0 Å². The molecule has 13 heteroatoms. The molecule has 0 aliphatic carbocycles. The van der Waals surface area contributed by atoms with E-state index < -0.39 is 26.9 Å². The summed E-state index contributed by atoms with van der Waals surface area (Å²) in [6, 6.07) is 3.41. The SMILES string of the molecule is NC(=O)C1CCCN1C(=O)C1CCN(c2ccc(S(=O)(=O)N3CCOCC3)cc2[N+](=O)[O-])CC1. The lowest BCUT2D eigenvalue weighted by atomic mass is 9.94. The van der Waals surface area contributed by atoms with Gasteiger partial charge in [0.25, 0.3) is 5.69 Å². The minimum atomic E-state index is -3.86. The number of morpholine rings is 1. The topological polar surface area (TPSA) is 156 Å². The monoisotopic (exact) mass is 495 g/mol. The summed E-state index contributed by atoms with van der Waals surface area (Å²) in [6.45, 7) is 2.29. The van der Waals surface area contributed by atoms with Crippen LogP contribution in [0.25, 0.3) is 0 Å². The second-order valence-corrected chi connectivity index (χ2v) is 10.7. The Bertz CT molecular complexity index is 1070. The Hall–Kier alpha value is -2.77. The number of nitro benzene ring substituents is 1. The van der Waals surface area contributed by atoms with E-state index in [0.717, 1.165) is 12.5 Å². The van der Waals surface area contributed by atoms with Crippen LogP contribution in [0, 0.1) is 16.0 Å². The zero-order valence-corrected chi connectivity index (χ0v) is 19.6. The summed E-state index contributed by atoms with van der Waals surface area (Å²) in [4.78, 5) is 39.1. The average molecular weight is 496 g/mol. The Morgan fingerprint density at radius 1 is 1.06 bits per heavy atom. The highest BCUT2D eigenvalue weighted by atomic mass is 32.2. The third-order valence-electron chi connectivity index (χ3n) is 6.80. The molecular formula is C21H29N5O7S. The lowest BCUT2D eigenvalue weighted by Crippen LogP contribution is -2.48. The maximum atomic E-state index is 13.0. The van der Waals surface area contributed by atoms with Crippen LogP contribution in [0.2, 0.25) is 0 Å². The summed E-state index contributed by atoms with van der Waals surface area (Å²) >= 11 is 0. The van der Waals surface area contributed by atoms with E-state index in [9.17, 15) is 28.1 Å². The summed E-state index contributed by atoms with van der Waals surface area (Å²) in [7, 11) is -3.86. The number of nitrogens with zero attached hydrogens (tertiary/aromatic N) is 4. The minimum Gasteiger partial charge on any atom is -0.379 e. The third kappa shape index (κ3) is 4.72. The first-order valence-electron chi connectivity index (χ1n) is 11.4. The van der Waals surface area contributed by atoms with Crippen molar-refractivity contribution in [2.75, 3.05) is 50.8 Å². The molecule has 3 aliphatic rings. The summed E-state index contributed by atoms with van der Waals surface area (Å²) in [5, 5.41) is 11.8. The van der Waals surface area contributed by atoms with Crippen LogP contribution in [0.4, 0.5) is 11.4 Å². The van der Waals surface area contributed by atoms with Crippen LogP contribution >= 0.6 is 0 Å². The van der Waals surface area contributed by atoms with Gasteiger partial charge in [0.1, 0.15) is 11.7 Å². The molecule has 1 atom stereocenters. The second kappa shape index (κ2) is 9.84. The zero-order valence-electron chi connectivity index (χ0n) is 18.8. The first kappa shape index (κ1) is 24.4. The molecule has 34 heavy (non-hydrogen) atoms. The van der Waals surface area contributed by atoms with Gasteiger partial charge in [0.2, 0.25) is 21.8 Å². The van der Waals surface area contributed by atoms with Crippen LogP contribution in [-0.4, -0.2) is 86.3 Å². The second-order valence-electron chi connectivity index (χ2n) is 8.78. The normalized spacial score (nSPS) is 22.6. The fraction of sp³-hybridized carbons (Fsp3) is 0.619. The highest BCUT2D eigenvalue weighted by molar-refractivity contribution is 7.89. The van der Waals surface area contributed by atoms with Crippen LogP contribution in [0.1, 0.15) is 25.7 Å². The van der Waals surface area contributed by atoms with Gasteiger partial charge in [-0.3, -0.25) is 19.7 Å². The van der Waals surface area contributed by atoms with Crippen molar-refractivity contribution in [2.45, 2.75) is 36.6 Å². The molecule has 12 nitrogen and oxygen atoms in total. The summed E-state index contributed by atoms with van der Waals surface area (Å²) in [6.07, 6.45) is 2.27. The molecule has 0 aromatic heterocycles. The lowest BCUT2D eigenvalue weighted by molar-refractivity contribution is -0.384. The van der Waals surface area contributed by atoms with Crippen molar-refractivity contribution in [2.24, 2.45) is 11.7 Å². The molecule has 3 heterocycles. The van der Waals surface area contributed by atoms with E-state index >= 15 is 0 Å². The molecule has 0 spiro atoms. The molecule has 186 valence electrons. The smallest absolute Gasteiger partial charge is 0.293 e. The Balaban J connectivity index is 1.48. The summed E-state index contributed by atoms with van der Waals surface area (Å²) in [5.74, 6) is -0.871. The van der Waals surface area contributed by atoms with Crippen LogP contribution in [0.3, 0.4) is 0 Å². The molecule has 0 saturated carbocycles. The predicted octanol–water partition coefficient (Wildman–Crippen LogP) is 0.308. The van der Waals surface area contributed by atoms with Crippen molar-refractivity contribution in [1.82, 2.24) is 9.21 Å². The number of carbonyl (C=O) groups is 2. The van der Waals surface area contributed by atoms with Gasteiger partial charge in [-0.15, -0.1) is 0 Å². The van der Waals surface area contributed by atoms with Gasteiger partial charge in [0.05, 0.1) is 23.0 Å².